The van der Waals surface area contributed by atoms with E-state index >= 15 is 0 Å². The number of nitrogens with zero attached hydrogens (tertiary/aromatic N) is 3. The number of non-ortho nitro benzene ring substituents is 1. The van der Waals surface area contributed by atoms with E-state index in [0.29, 0.717) is 5.56 Å². The molecule has 1 atom stereocenters. The molecular weight excluding hydrogens is 507 g/mol. The summed E-state index contributed by atoms with van der Waals surface area (Å²) in [5.41, 5.74) is -0.00772. The fraction of sp³-hybridized carbons (Fsp3) is 0.333. The van der Waals surface area contributed by atoms with Gasteiger partial charge in [0.05, 0.1) is 16.9 Å². The average molecular weight is 531 g/mol. The largest absolute Gasteiger partial charge is 0.357 e. The van der Waals surface area contributed by atoms with Gasteiger partial charge < -0.3 is 10.2 Å². The molecule has 0 saturated heterocycles. The highest BCUT2D eigenvalue weighted by Gasteiger charge is 2.32. The summed E-state index contributed by atoms with van der Waals surface area (Å²) >= 11 is 12.5. The van der Waals surface area contributed by atoms with Crippen molar-refractivity contribution in [2.75, 3.05) is 24.2 Å². The average Bonchev–Trinajstić information content (AvgIpc) is 2.78. The lowest BCUT2D eigenvalue weighted by Gasteiger charge is -2.33. The van der Waals surface area contributed by atoms with Gasteiger partial charge in [-0.25, -0.2) is 8.42 Å². The second-order valence-corrected chi connectivity index (χ2v) is 10.0. The molecule has 13 heteroatoms. The molecule has 0 spiro atoms. The van der Waals surface area contributed by atoms with Gasteiger partial charge in [-0.05, 0) is 24.6 Å². The maximum absolute atomic E-state index is 13.5. The summed E-state index contributed by atoms with van der Waals surface area (Å²) in [5.74, 6) is -1.18. The highest BCUT2D eigenvalue weighted by atomic mass is 35.5. The summed E-state index contributed by atoms with van der Waals surface area (Å²) in [6.45, 7) is 0.842. The van der Waals surface area contributed by atoms with E-state index in [0.717, 1.165) is 16.6 Å². The van der Waals surface area contributed by atoms with Crippen molar-refractivity contribution in [1.82, 2.24) is 10.2 Å². The maximum Gasteiger partial charge on any atom is 0.271 e. The van der Waals surface area contributed by atoms with Crippen LogP contribution in [0.4, 0.5) is 11.4 Å². The summed E-state index contributed by atoms with van der Waals surface area (Å²) < 4.78 is 25.8. The molecule has 0 aliphatic rings. The van der Waals surface area contributed by atoms with E-state index in [-0.39, 0.29) is 34.4 Å². The Balaban J connectivity index is 2.52. The van der Waals surface area contributed by atoms with Crippen molar-refractivity contribution in [3.05, 3.63) is 68.2 Å². The Morgan fingerprint density at radius 3 is 2.24 bits per heavy atom. The minimum Gasteiger partial charge on any atom is -0.357 e. The predicted molar refractivity (Wildman–Crippen MR) is 130 cm³/mol. The number of benzene rings is 2. The van der Waals surface area contributed by atoms with Gasteiger partial charge in [-0.15, -0.1) is 0 Å². The van der Waals surface area contributed by atoms with E-state index in [2.05, 4.69) is 5.32 Å². The third-order valence-electron chi connectivity index (χ3n) is 5.03. The van der Waals surface area contributed by atoms with Crippen LogP contribution in [-0.2, 0) is 26.2 Å². The number of halogens is 2. The second kappa shape index (κ2) is 11.5. The minimum absolute atomic E-state index is 0.0613. The number of likely N-dealkylation sites (N-methyl/N-ethyl adjacent to an activating group) is 1. The molecule has 2 amide bonds. The van der Waals surface area contributed by atoms with Crippen LogP contribution in [-0.4, -0.2) is 55.9 Å². The molecule has 0 aliphatic carbocycles. The first kappa shape index (κ1) is 27.4. The van der Waals surface area contributed by atoms with Crippen LogP contribution in [0.15, 0.2) is 42.5 Å². The van der Waals surface area contributed by atoms with E-state index in [1.54, 1.807) is 25.1 Å². The number of nitrogens with one attached hydrogen (secondary N) is 1. The summed E-state index contributed by atoms with van der Waals surface area (Å²) in [6, 6.07) is 8.76. The van der Waals surface area contributed by atoms with Crippen molar-refractivity contribution >= 4 is 56.4 Å². The third kappa shape index (κ3) is 6.58. The first-order valence-corrected chi connectivity index (χ1v) is 12.7. The lowest BCUT2D eigenvalue weighted by molar-refractivity contribution is -0.384. The van der Waals surface area contributed by atoms with Crippen LogP contribution in [0.1, 0.15) is 18.9 Å². The molecule has 0 aromatic heterocycles. The zero-order valence-corrected chi connectivity index (χ0v) is 21.0. The van der Waals surface area contributed by atoms with Crippen molar-refractivity contribution in [2.45, 2.75) is 25.9 Å². The van der Waals surface area contributed by atoms with E-state index in [9.17, 15) is 28.1 Å². The van der Waals surface area contributed by atoms with E-state index in [1.807, 2.05) is 0 Å². The number of hydrogen-bond acceptors (Lipinski definition) is 6. The highest BCUT2D eigenvalue weighted by molar-refractivity contribution is 7.92. The lowest BCUT2D eigenvalue weighted by Crippen LogP contribution is -2.51. The zero-order valence-electron chi connectivity index (χ0n) is 18.7. The molecule has 34 heavy (non-hydrogen) atoms. The Labute approximate surface area is 207 Å². The number of carbonyl (C=O) groups is 2. The van der Waals surface area contributed by atoms with Crippen molar-refractivity contribution < 1.29 is 22.9 Å². The van der Waals surface area contributed by atoms with Gasteiger partial charge in [0.15, 0.2) is 0 Å². The number of hydrogen-bond donors (Lipinski definition) is 1. The van der Waals surface area contributed by atoms with Gasteiger partial charge in [-0.1, -0.05) is 42.3 Å². The molecule has 0 fully saturated rings. The van der Waals surface area contributed by atoms with Gasteiger partial charge in [0.25, 0.3) is 5.69 Å². The molecule has 2 aromatic carbocycles. The molecule has 0 aliphatic heterocycles. The Morgan fingerprint density at radius 2 is 1.74 bits per heavy atom. The van der Waals surface area contributed by atoms with E-state index in [4.69, 9.17) is 23.2 Å². The second-order valence-electron chi connectivity index (χ2n) is 7.31. The molecular formula is C21H24Cl2N4O6S. The smallest absolute Gasteiger partial charge is 0.271 e. The third-order valence-corrected chi connectivity index (χ3v) is 6.88. The van der Waals surface area contributed by atoms with Gasteiger partial charge in [-0.2, -0.15) is 0 Å². The Kier molecular flexibility index (Phi) is 9.25. The SMILES string of the molecule is CC[C@@H](C(=O)NC)N(Cc1c(Cl)cccc1Cl)C(=O)CN(c1cccc([N+](=O)[O-])c1)S(C)(=O)=O. The van der Waals surface area contributed by atoms with Crippen LogP contribution < -0.4 is 9.62 Å². The normalized spacial score (nSPS) is 12.0. The molecule has 0 radical (unpaired) electrons. The fourth-order valence-corrected chi connectivity index (χ4v) is 4.67. The van der Waals surface area contributed by atoms with Gasteiger partial charge in [0.1, 0.15) is 12.6 Å². The van der Waals surface area contributed by atoms with Crippen molar-refractivity contribution in [3.63, 3.8) is 0 Å². The number of anilines is 1. The molecule has 0 unspecified atom stereocenters. The molecule has 184 valence electrons. The topological polar surface area (TPSA) is 130 Å². The summed E-state index contributed by atoms with van der Waals surface area (Å²) in [4.78, 5) is 37.7. The molecule has 0 bridgehead atoms. The number of nitro benzene ring substituents is 1. The summed E-state index contributed by atoms with van der Waals surface area (Å²) in [5, 5.41) is 14.2. The van der Waals surface area contributed by atoms with Gasteiger partial charge in [0.2, 0.25) is 21.8 Å². The van der Waals surface area contributed by atoms with Crippen molar-refractivity contribution in [3.8, 4) is 0 Å². The van der Waals surface area contributed by atoms with Crippen LogP contribution in [0.3, 0.4) is 0 Å². The Hall–Kier alpha value is -2.89. The number of sulfonamides is 1. The summed E-state index contributed by atoms with van der Waals surface area (Å²) in [7, 11) is -2.61. The van der Waals surface area contributed by atoms with Crippen LogP contribution in [0.25, 0.3) is 0 Å². The van der Waals surface area contributed by atoms with Gasteiger partial charge in [0, 0.05) is 41.3 Å². The van der Waals surface area contributed by atoms with Crippen molar-refractivity contribution in [2.24, 2.45) is 0 Å². The Bertz CT molecular complexity index is 1170. The number of amides is 2. The minimum atomic E-state index is -4.03. The summed E-state index contributed by atoms with van der Waals surface area (Å²) in [6.07, 6.45) is 1.10. The highest BCUT2D eigenvalue weighted by Crippen LogP contribution is 2.28. The molecule has 0 heterocycles. The van der Waals surface area contributed by atoms with Crippen molar-refractivity contribution in [1.29, 1.82) is 0 Å². The zero-order chi connectivity index (χ0) is 25.6. The number of rotatable bonds is 10. The monoisotopic (exact) mass is 530 g/mol. The number of carbonyl (C=O) groups excluding carboxylic acids is 2. The molecule has 1 N–H and O–H groups in total. The molecule has 2 aromatic rings. The fourth-order valence-electron chi connectivity index (χ4n) is 3.32. The number of nitro groups is 1. The lowest BCUT2D eigenvalue weighted by atomic mass is 10.1. The standard InChI is InChI=1S/C21H24Cl2N4O6S/c1-4-19(21(29)24-2)25(12-16-17(22)9-6-10-18(16)23)20(28)13-26(34(3,32)33)14-7-5-8-15(11-14)27(30)31/h5-11,19H,4,12-13H2,1-3H3,(H,24,29)/t19-/m0/s1. The molecule has 10 nitrogen and oxygen atoms in total. The van der Waals surface area contributed by atoms with Crippen LogP contribution in [0, 0.1) is 10.1 Å². The van der Waals surface area contributed by atoms with Gasteiger partial charge >= 0.3 is 0 Å². The van der Waals surface area contributed by atoms with Gasteiger partial charge in [-0.3, -0.25) is 24.0 Å². The predicted octanol–water partition coefficient (Wildman–Crippen LogP) is 3.22. The first-order chi connectivity index (χ1) is 15.9. The van der Waals surface area contributed by atoms with Crippen LogP contribution in [0.2, 0.25) is 10.0 Å². The van der Waals surface area contributed by atoms with Crippen LogP contribution >= 0.6 is 23.2 Å². The quantitative estimate of drug-likeness (QED) is 0.370. The van der Waals surface area contributed by atoms with E-state index in [1.165, 1.54) is 30.1 Å². The Morgan fingerprint density at radius 1 is 1.15 bits per heavy atom. The maximum atomic E-state index is 13.5. The molecule has 0 saturated carbocycles. The molecule has 2 rings (SSSR count). The van der Waals surface area contributed by atoms with E-state index < -0.39 is 39.3 Å². The van der Waals surface area contributed by atoms with Crippen LogP contribution in [0.5, 0.6) is 0 Å². The first-order valence-electron chi connectivity index (χ1n) is 10.1.